The van der Waals surface area contributed by atoms with Crippen molar-refractivity contribution in [3.8, 4) is 0 Å². The van der Waals surface area contributed by atoms with Gasteiger partial charge in [0.25, 0.3) is 0 Å². The highest BCUT2D eigenvalue weighted by Gasteiger charge is 2.26. The molecule has 1 saturated heterocycles. The molecule has 0 bridgehead atoms. The van der Waals surface area contributed by atoms with Crippen LogP contribution in [-0.2, 0) is 16.1 Å². The third-order valence-corrected chi connectivity index (χ3v) is 5.08. The fourth-order valence-electron chi connectivity index (χ4n) is 3.58. The lowest BCUT2D eigenvalue weighted by atomic mass is 9.96. The Kier molecular flexibility index (Phi) is 6.82. The number of rotatable bonds is 6. The number of amides is 1. The SMILES string of the molecule is CCOC(=O)c1ccccc1NC(=O)C1CCCN(Cc2ccc(C)cc2)C1. The average molecular weight is 380 g/mol. The number of likely N-dealkylation sites (tertiary alicyclic amines) is 1. The molecule has 148 valence electrons. The monoisotopic (exact) mass is 380 g/mol. The van der Waals surface area contributed by atoms with E-state index in [0.29, 0.717) is 17.9 Å². The summed E-state index contributed by atoms with van der Waals surface area (Å²) in [5.74, 6) is -0.539. The molecule has 0 radical (unpaired) electrons. The molecule has 0 saturated carbocycles. The lowest BCUT2D eigenvalue weighted by Crippen LogP contribution is -2.40. The van der Waals surface area contributed by atoms with Gasteiger partial charge in [0.15, 0.2) is 0 Å². The van der Waals surface area contributed by atoms with E-state index >= 15 is 0 Å². The zero-order chi connectivity index (χ0) is 19.9. The van der Waals surface area contributed by atoms with Gasteiger partial charge in [-0.15, -0.1) is 0 Å². The van der Waals surface area contributed by atoms with E-state index in [1.165, 1.54) is 11.1 Å². The molecule has 1 N–H and O–H groups in total. The minimum Gasteiger partial charge on any atom is -0.462 e. The number of benzene rings is 2. The number of hydrogen-bond donors (Lipinski definition) is 1. The van der Waals surface area contributed by atoms with Crippen molar-refractivity contribution in [1.29, 1.82) is 0 Å². The molecule has 0 aromatic heterocycles. The van der Waals surface area contributed by atoms with Gasteiger partial charge in [0.2, 0.25) is 5.91 Å². The fourth-order valence-corrected chi connectivity index (χ4v) is 3.58. The van der Waals surface area contributed by atoms with Crippen molar-refractivity contribution in [1.82, 2.24) is 4.90 Å². The Bertz CT molecular complexity index is 817. The van der Waals surface area contributed by atoms with Crippen LogP contribution < -0.4 is 5.32 Å². The summed E-state index contributed by atoms with van der Waals surface area (Å²) in [6, 6.07) is 15.5. The van der Waals surface area contributed by atoms with Gasteiger partial charge in [-0.1, -0.05) is 42.0 Å². The number of anilines is 1. The van der Waals surface area contributed by atoms with Crippen LogP contribution in [0.4, 0.5) is 5.69 Å². The molecule has 1 heterocycles. The number of aryl methyl sites for hydroxylation is 1. The lowest BCUT2D eigenvalue weighted by molar-refractivity contribution is -0.121. The van der Waals surface area contributed by atoms with Crippen LogP contribution >= 0.6 is 0 Å². The van der Waals surface area contributed by atoms with Crippen LogP contribution in [0.1, 0.15) is 41.3 Å². The first-order chi connectivity index (χ1) is 13.6. The molecule has 1 unspecified atom stereocenters. The van der Waals surface area contributed by atoms with Gasteiger partial charge in [-0.3, -0.25) is 9.69 Å². The predicted octanol–water partition coefficient (Wildman–Crippen LogP) is 4.02. The predicted molar refractivity (Wildman–Crippen MR) is 110 cm³/mol. The molecule has 5 nitrogen and oxygen atoms in total. The van der Waals surface area contributed by atoms with Gasteiger partial charge in [0.1, 0.15) is 0 Å². The Balaban J connectivity index is 1.63. The summed E-state index contributed by atoms with van der Waals surface area (Å²) in [7, 11) is 0. The van der Waals surface area contributed by atoms with Crippen molar-refractivity contribution >= 4 is 17.6 Å². The number of carbonyl (C=O) groups excluding carboxylic acids is 2. The van der Waals surface area contributed by atoms with Crippen molar-refractivity contribution in [2.24, 2.45) is 5.92 Å². The fraction of sp³-hybridized carbons (Fsp3) is 0.391. The molecule has 1 atom stereocenters. The maximum absolute atomic E-state index is 12.9. The van der Waals surface area contributed by atoms with Crippen molar-refractivity contribution in [3.63, 3.8) is 0 Å². The Hall–Kier alpha value is -2.66. The maximum Gasteiger partial charge on any atom is 0.340 e. The maximum atomic E-state index is 12.9. The summed E-state index contributed by atoms with van der Waals surface area (Å²) in [5, 5.41) is 2.95. The minimum atomic E-state index is -0.414. The quantitative estimate of drug-likeness (QED) is 0.769. The number of para-hydroxylation sites is 1. The third kappa shape index (κ3) is 5.20. The van der Waals surface area contributed by atoms with Crippen molar-refractivity contribution in [2.75, 3.05) is 25.0 Å². The first-order valence-corrected chi connectivity index (χ1v) is 9.91. The Morgan fingerprint density at radius 1 is 1.14 bits per heavy atom. The molecule has 1 amide bonds. The number of carbonyl (C=O) groups is 2. The van der Waals surface area contributed by atoms with Gasteiger partial charge >= 0.3 is 5.97 Å². The van der Waals surface area contributed by atoms with Gasteiger partial charge in [-0.05, 0) is 50.9 Å². The van der Waals surface area contributed by atoms with E-state index in [1.54, 1.807) is 25.1 Å². The van der Waals surface area contributed by atoms with Crippen LogP contribution in [0.15, 0.2) is 48.5 Å². The number of esters is 1. The normalized spacial score (nSPS) is 17.1. The van der Waals surface area contributed by atoms with Crippen molar-refractivity contribution in [3.05, 3.63) is 65.2 Å². The molecule has 1 aliphatic heterocycles. The standard InChI is InChI=1S/C23H28N2O3/c1-3-28-23(27)20-8-4-5-9-21(20)24-22(26)19-7-6-14-25(16-19)15-18-12-10-17(2)11-13-18/h4-5,8-13,19H,3,6-7,14-16H2,1-2H3,(H,24,26). The Morgan fingerprint density at radius 3 is 2.64 bits per heavy atom. The zero-order valence-corrected chi connectivity index (χ0v) is 16.6. The lowest BCUT2D eigenvalue weighted by Gasteiger charge is -2.32. The highest BCUT2D eigenvalue weighted by molar-refractivity contribution is 6.01. The van der Waals surface area contributed by atoms with Crippen LogP contribution in [0.5, 0.6) is 0 Å². The molecule has 28 heavy (non-hydrogen) atoms. The van der Waals surface area contributed by atoms with E-state index in [9.17, 15) is 9.59 Å². The van der Waals surface area contributed by atoms with Crippen LogP contribution in [-0.4, -0.2) is 36.5 Å². The third-order valence-electron chi connectivity index (χ3n) is 5.08. The smallest absolute Gasteiger partial charge is 0.340 e. The summed E-state index contributed by atoms with van der Waals surface area (Å²) in [4.78, 5) is 27.3. The van der Waals surface area contributed by atoms with Gasteiger partial charge in [0, 0.05) is 13.1 Å². The second kappa shape index (κ2) is 9.51. The molecular weight excluding hydrogens is 352 g/mol. The van der Waals surface area contributed by atoms with E-state index in [2.05, 4.69) is 41.4 Å². The van der Waals surface area contributed by atoms with E-state index in [-0.39, 0.29) is 11.8 Å². The van der Waals surface area contributed by atoms with Crippen molar-refractivity contribution in [2.45, 2.75) is 33.2 Å². The molecule has 0 spiro atoms. The Labute approximate surface area is 166 Å². The van der Waals surface area contributed by atoms with Crippen LogP contribution in [0.25, 0.3) is 0 Å². The summed E-state index contributed by atoms with van der Waals surface area (Å²) in [6.07, 6.45) is 1.85. The van der Waals surface area contributed by atoms with Gasteiger partial charge in [-0.2, -0.15) is 0 Å². The molecule has 1 aliphatic rings. The first kappa shape index (κ1) is 20.1. The minimum absolute atomic E-state index is 0.0367. The largest absolute Gasteiger partial charge is 0.462 e. The van der Waals surface area contributed by atoms with Gasteiger partial charge < -0.3 is 10.1 Å². The Morgan fingerprint density at radius 2 is 1.89 bits per heavy atom. The number of ether oxygens (including phenoxy) is 1. The topological polar surface area (TPSA) is 58.6 Å². The molecule has 2 aromatic rings. The highest BCUT2D eigenvalue weighted by atomic mass is 16.5. The molecular formula is C23H28N2O3. The number of nitrogens with zero attached hydrogens (tertiary/aromatic N) is 1. The highest BCUT2D eigenvalue weighted by Crippen LogP contribution is 2.22. The average Bonchev–Trinajstić information content (AvgIpc) is 2.70. The first-order valence-electron chi connectivity index (χ1n) is 9.91. The summed E-state index contributed by atoms with van der Waals surface area (Å²) >= 11 is 0. The second-order valence-electron chi connectivity index (χ2n) is 7.32. The van der Waals surface area contributed by atoms with E-state index in [1.807, 2.05) is 6.07 Å². The van der Waals surface area contributed by atoms with Crippen molar-refractivity contribution < 1.29 is 14.3 Å². The second-order valence-corrected chi connectivity index (χ2v) is 7.32. The van der Waals surface area contributed by atoms with E-state index in [0.717, 1.165) is 32.5 Å². The number of nitrogens with one attached hydrogen (secondary N) is 1. The summed E-state index contributed by atoms with van der Waals surface area (Å²) in [5.41, 5.74) is 3.42. The van der Waals surface area contributed by atoms with Gasteiger partial charge in [-0.25, -0.2) is 4.79 Å². The molecule has 3 rings (SSSR count). The van der Waals surface area contributed by atoms with Gasteiger partial charge in [0.05, 0.1) is 23.8 Å². The van der Waals surface area contributed by atoms with Crippen LogP contribution in [0.3, 0.4) is 0 Å². The zero-order valence-electron chi connectivity index (χ0n) is 16.6. The number of piperidine rings is 1. The summed E-state index contributed by atoms with van der Waals surface area (Å²) < 4.78 is 5.09. The molecule has 2 aromatic carbocycles. The molecule has 1 fully saturated rings. The molecule has 0 aliphatic carbocycles. The van der Waals surface area contributed by atoms with E-state index in [4.69, 9.17) is 4.74 Å². The van der Waals surface area contributed by atoms with Crippen LogP contribution in [0, 0.1) is 12.8 Å². The number of hydrogen-bond acceptors (Lipinski definition) is 4. The summed E-state index contributed by atoms with van der Waals surface area (Å²) in [6.45, 7) is 6.72. The van der Waals surface area contributed by atoms with Crippen LogP contribution in [0.2, 0.25) is 0 Å². The molecule has 5 heteroatoms. The van der Waals surface area contributed by atoms with E-state index < -0.39 is 5.97 Å².